The zero-order valence-corrected chi connectivity index (χ0v) is 5.80. The highest BCUT2D eigenvalue weighted by Gasteiger charge is 1.88. The number of allylic oxidation sites excluding steroid dienone is 2. The van der Waals surface area contributed by atoms with Gasteiger partial charge in [-0.15, -0.1) is 0 Å². The van der Waals surface area contributed by atoms with Crippen LogP contribution < -0.4 is 11.1 Å². The minimum atomic E-state index is 0.0706. The van der Waals surface area contributed by atoms with Gasteiger partial charge in [0.1, 0.15) is 0 Å². The molecule has 0 fully saturated rings. The molecule has 52 valence electrons. The predicted octanol–water partition coefficient (Wildman–Crippen LogP) is 0.970. The van der Waals surface area contributed by atoms with Gasteiger partial charge in [-0.05, 0) is 18.7 Å². The molecule has 0 aromatic carbocycles. The van der Waals surface area contributed by atoms with Crippen molar-refractivity contribution in [3.8, 4) is 0 Å². The summed E-state index contributed by atoms with van der Waals surface area (Å²) in [6.07, 6.45) is 6.31. The van der Waals surface area contributed by atoms with E-state index in [1.165, 1.54) is 0 Å². The van der Waals surface area contributed by atoms with Crippen LogP contribution in [0.3, 0.4) is 0 Å². The first kappa shape index (κ1) is 8.24. The lowest BCUT2D eigenvalue weighted by Gasteiger charge is -2.06. The van der Waals surface area contributed by atoms with Crippen molar-refractivity contribution in [3.05, 3.63) is 24.9 Å². The van der Waals surface area contributed by atoms with Crippen LogP contribution in [-0.2, 0) is 0 Å². The SMILES string of the molecule is C=C/C=C\NC(N)CC. The second-order valence-electron chi connectivity index (χ2n) is 1.78. The van der Waals surface area contributed by atoms with Crippen LogP contribution in [0.15, 0.2) is 24.9 Å². The molecule has 2 heteroatoms. The Bertz CT molecular complexity index is 97.1. The highest BCUT2D eigenvalue weighted by molar-refractivity contribution is 4.96. The van der Waals surface area contributed by atoms with Crippen LogP contribution >= 0.6 is 0 Å². The lowest BCUT2D eigenvalue weighted by atomic mass is 10.4. The molecule has 9 heavy (non-hydrogen) atoms. The van der Waals surface area contributed by atoms with Crippen LogP contribution in [0.4, 0.5) is 0 Å². The van der Waals surface area contributed by atoms with Gasteiger partial charge in [0.2, 0.25) is 0 Å². The third-order valence-corrected chi connectivity index (χ3v) is 0.982. The number of hydrogen-bond donors (Lipinski definition) is 2. The fourth-order valence-electron chi connectivity index (χ4n) is 0.365. The first-order chi connectivity index (χ1) is 4.31. The van der Waals surface area contributed by atoms with Crippen molar-refractivity contribution in [3.63, 3.8) is 0 Å². The Labute approximate surface area is 56.4 Å². The van der Waals surface area contributed by atoms with Crippen molar-refractivity contribution in [1.29, 1.82) is 0 Å². The van der Waals surface area contributed by atoms with Crippen LogP contribution in [-0.4, -0.2) is 6.17 Å². The molecular weight excluding hydrogens is 112 g/mol. The predicted molar refractivity (Wildman–Crippen MR) is 40.7 cm³/mol. The molecule has 0 aliphatic heterocycles. The number of hydrogen-bond acceptors (Lipinski definition) is 2. The van der Waals surface area contributed by atoms with Gasteiger partial charge in [0.25, 0.3) is 0 Å². The molecular formula is C7H14N2. The molecule has 0 saturated carbocycles. The lowest BCUT2D eigenvalue weighted by molar-refractivity contribution is 0.592. The Hall–Kier alpha value is -0.760. The first-order valence-corrected chi connectivity index (χ1v) is 3.10. The van der Waals surface area contributed by atoms with Crippen molar-refractivity contribution in [2.24, 2.45) is 5.73 Å². The molecule has 0 saturated heterocycles. The molecule has 2 nitrogen and oxygen atoms in total. The van der Waals surface area contributed by atoms with E-state index in [0.717, 1.165) is 6.42 Å². The second kappa shape index (κ2) is 5.38. The lowest BCUT2D eigenvalue weighted by Crippen LogP contribution is -2.32. The maximum Gasteiger partial charge on any atom is 0.0735 e. The molecule has 0 aromatic heterocycles. The summed E-state index contributed by atoms with van der Waals surface area (Å²) in [5.74, 6) is 0. The Morgan fingerprint density at radius 3 is 2.89 bits per heavy atom. The van der Waals surface area contributed by atoms with Gasteiger partial charge >= 0.3 is 0 Å². The number of nitrogens with two attached hydrogens (primary N) is 1. The third-order valence-electron chi connectivity index (χ3n) is 0.982. The van der Waals surface area contributed by atoms with Crippen LogP contribution in [0.2, 0.25) is 0 Å². The average molecular weight is 126 g/mol. The molecule has 0 radical (unpaired) electrons. The maximum atomic E-state index is 5.52. The smallest absolute Gasteiger partial charge is 0.0735 e. The van der Waals surface area contributed by atoms with E-state index in [4.69, 9.17) is 5.73 Å². The van der Waals surface area contributed by atoms with E-state index in [1.807, 2.05) is 13.0 Å². The van der Waals surface area contributed by atoms with Gasteiger partial charge in [0.15, 0.2) is 0 Å². The van der Waals surface area contributed by atoms with Gasteiger partial charge in [0, 0.05) is 0 Å². The van der Waals surface area contributed by atoms with Gasteiger partial charge in [-0.2, -0.15) is 0 Å². The summed E-state index contributed by atoms with van der Waals surface area (Å²) in [5.41, 5.74) is 5.52. The summed E-state index contributed by atoms with van der Waals surface area (Å²) < 4.78 is 0. The molecule has 0 aliphatic rings. The maximum absolute atomic E-state index is 5.52. The molecule has 1 atom stereocenters. The van der Waals surface area contributed by atoms with E-state index >= 15 is 0 Å². The molecule has 1 unspecified atom stereocenters. The second-order valence-corrected chi connectivity index (χ2v) is 1.78. The quantitative estimate of drug-likeness (QED) is 0.435. The van der Waals surface area contributed by atoms with Gasteiger partial charge in [-0.1, -0.05) is 19.6 Å². The van der Waals surface area contributed by atoms with Crippen LogP contribution in [0.5, 0.6) is 0 Å². The molecule has 0 amide bonds. The summed E-state index contributed by atoms with van der Waals surface area (Å²) in [6, 6.07) is 0. The first-order valence-electron chi connectivity index (χ1n) is 3.10. The van der Waals surface area contributed by atoms with Gasteiger partial charge in [-0.25, -0.2) is 0 Å². The van der Waals surface area contributed by atoms with Crippen molar-refractivity contribution in [1.82, 2.24) is 5.32 Å². The van der Waals surface area contributed by atoms with Crippen molar-refractivity contribution < 1.29 is 0 Å². The van der Waals surface area contributed by atoms with E-state index in [2.05, 4.69) is 11.9 Å². The van der Waals surface area contributed by atoms with Crippen LogP contribution in [0.25, 0.3) is 0 Å². The van der Waals surface area contributed by atoms with Crippen LogP contribution in [0.1, 0.15) is 13.3 Å². The van der Waals surface area contributed by atoms with Crippen molar-refractivity contribution in [2.75, 3.05) is 0 Å². The molecule has 0 rings (SSSR count). The molecule has 0 spiro atoms. The zero-order chi connectivity index (χ0) is 7.11. The Kier molecular flexibility index (Phi) is 4.92. The monoisotopic (exact) mass is 126 g/mol. The van der Waals surface area contributed by atoms with E-state index in [-0.39, 0.29) is 6.17 Å². The fraction of sp³-hybridized carbons (Fsp3) is 0.429. The molecule has 0 heterocycles. The third kappa shape index (κ3) is 5.11. The minimum absolute atomic E-state index is 0.0706. The summed E-state index contributed by atoms with van der Waals surface area (Å²) in [5, 5.41) is 2.96. The molecule has 0 aromatic rings. The van der Waals surface area contributed by atoms with Gasteiger partial charge in [-0.3, -0.25) is 0 Å². The summed E-state index contributed by atoms with van der Waals surface area (Å²) in [7, 11) is 0. The molecule has 3 N–H and O–H groups in total. The number of nitrogens with one attached hydrogen (secondary N) is 1. The zero-order valence-electron chi connectivity index (χ0n) is 5.80. The highest BCUT2D eigenvalue weighted by atomic mass is 15.0. The Balaban J connectivity index is 3.25. The topological polar surface area (TPSA) is 38.0 Å². The fourth-order valence-corrected chi connectivity index (χ4v) is 0.365. The van der Waals surface area contributed by atoms with Crippen molar-refractivity contribution in [2.45, 2.75) is 19.5 Å². The average Bonchev–Trinajstić information content (AvgIpc) is 1.89. The Morgan fingerprint density at radius 2 is 2.44 bits per heavy atom. The minimum Gasteiger partial charge on any atom is -0.376 e. The Morgan fingerprint density at radius 1 is 1.78 bits per heavy atom. The van der Waals surface area contributed by atoms with Gasteiger partial charge < -0.3 is 11.1 Å². The van der Waals surface area contributed by atoms with Gasteiger partial charge in [0.05, 0.1) is 6.17 Å². The van der Waals surface area contributed by atoms with Crippen LogP contribution in [0, 0.1) is 0 Å². The summed E-state index contributed by atoms with van der Waals surface area (Å²) in [6.45, 7) is 5.54. The van der Waals surface area contributed by atoms with Crippen molar-refractivity contribution >= 4 is 0 Å². The van der Waals surface area contributed by atoms with E-state index in [1.54, 1.807) is 12.3 Å². The largest absolute Gasteiger partial charge is 0.376 e. The molecule has 0 aliphatic carbocycles. The normalized spacial score (nSPS) is 13.6. The van der Waals surface area contributed by atoms with E-state index < -0.39 is 0 Å². The highest BCUT2D eigenvalue weighted by Crippen LogP contribution is 1.78. The number of rotatable bonds is 4. The summed E-state index contributed by atoms with van der Waals surface area (Å²) >= 11 is 0. The standard InChI is InChI=1S/C7H14N2/c1-3-5-6-9-7(8)4-2/h3,5-7,9H,1,4,8H2,2H3/b6-5-. The van der Waals surface area contributed by atoms with E-state index in [9.17, 15) is 0 Å². The molecule has 0 bridgehead atoms. The van der Waals surface area contributed by atoms with E-state index in [0.29, 0.717) is 0 Å². The summed E-state index contributed by atoms with van der Waals surface area (Å²) in [4.78, 5) is 0.